The van der Waals surface area contributed by atoms with Crippen molar-refractivity contribution in [3.63, 3.8) is 0 Å². The lowest BCUT2D eigenvalue weighted by atomic mass is 10.1. The summed E-state index contributed by atoms with van der Waals surface area (Å²) < 4.78 is 120. The van der Waals surface area contributed by atoms with Gasteiger partial charge in [0, 0.05) is 40.6 Å². The van der Waals surface area contributed by atoms with E-state index in [1.807, 2.05) is 0 Å². The molecule has 24 heteroatoms. The maximum atomic E-state index is 6.62. The molecule has 0 heterocycles. The van der Waals surface area contributed by atoms with Gasteiger partial charge in [-0.3, -0.25) is 0 Å². The minimum atomic E-state index is 0.553. The highest BCUT2D eigenvalue weighted by atomic mass is 16.6. The van der Waals surface area contributed by atoms with E-state index in [0.29, 0.717) is 211 Å². The number of hydrogen-bond donors (Lipinski definition) is 0. The van der Waals surface area contributed by atoms with Crippen LogP contribution in [0, 0.1) is 0 Å². The summed E-state index contributed by atoms with van der Waals surface area (Å²) in [5.74, 6) is 3.25. The molecule has 0 aromatic heterocycles. The molecule has 0 aliphatic heterocycles. The first-order valence-electron chi connectivity index (χ1n) is 45.2. The fourth-order valence-electron chi connectivity index (χ4n) is 13.3. The summed E-state index contributed by atoms with van der Waals surface area (Å²) in [5, 5.41) is 0. The molecule has 4 atom stereocenters. The highest BCUT2D eigenvalue weighted by Gasteiger charge is 2.25. The predicted octanol–water partition coefficient (Wildman–Crippen LogP) is 14.4. The number of nitrogens with zero attached hydrogens (tertiary/aromatic N) is 4. The number of methoxy groups -OCH3 is 4. The van der Waals surface area contributed by atoms with E-state index in [9.17, 15) is 0 Å². The summed E-state index contributed by atoms with van der Waals surface area (Å²) in [6, 6.07) is 21.4. The van der Waals surface area contributed by atoms with Crippen LogP contribution in [-0.4, -0.2) is 365 Å². The van der Waals surface area contributed by atoms with Gasteiger partial charge < -0.3 is 113 Å². The molecule has 0 spiro atoms. The van der Waals surface area contributed by atoms with Crippen molar-refractivity contribution in [3.8, 4) is 23.0 Å². The van der Waals surface area contributed by atoms with Crippen LogP contribution < -0.4 is 18.9 Å². The van der Waals surface area contributed by atoms with E-state index in [-0.39, 0.29) is 0 Å². The van der Waals surface area contributed by atoms with E-state index >= 15 is 0 Å². The van der Waals surface area contributed by atoms with Gasteiger partial charge in [0.25, 0.3) is 0 Å². The average molecular weight is 1680 g/mol. The van der Waals surface area contributed by atoms with Gasteiger partial charge in [0.05, 0.1) is 292 Å². The first-order chi connectivity index (χ1) is 57.7. The molecule has 0 fully saturated rings. The van der Waals surface area contributed by atoms with Crippen LogP contribution in [0.4, 0.5) is 0 Å². The third kappa shape index (κ3) is 59.3. The number of benzene rings is 3. The number of unbranched alkanes of at least 4 members (excludes halogenated alkanes) is 8. The van der Waals surface area contributed by atoms with Gasteiger partial charge in [-0.25, -0.2) is 0 Å². The lowest BCUT2D eigenvalue weighted by Gasteiger charge is -2.34. The first-order valence-corrected chi connectivity index (χ1v) is 45.2. The van der Waals surface area contributed by atoms with E-state index < -0.39 is 0 Å². The highest BCUT2D eigenvalue weighted by molar-refractivity contribution is 5.74. The molecule has 0 saturated carbocycles. The second-order valence-corrected chi connectivity index (χ2v) is 31.9. The van der Waals surface area contributed by atoms with Crippen LogP contribution >= 0.6 is 0 Å². The minimum Gasteiger partial charge on any atom is -0.493 e. The Kier molecular flexibility index (Phi) is 67.6. The maximum absolute atomic E-state index is 6.62. The van der Waals surface area contributed by atoms with Crippen LogP contribution in [-0.2, 0) is 75.8 Å². The van der Waals surface area contributed by atoms with Crippen molar-refractivity contribution in [1.29, 1.82) is 0 Å². The molecule has 0 amide bonds. The third-order valence-electron chi connectivity index (χ3n) is 21.1. The smallest absolute Gasteiger partial charge is 0.123 e. The quantitative estimate of drug-likeness (QED) is 0.0295. The molecule has 682 valence electrons. The fourth-order valence-corrected chi connectivity index (χ4v) is 13.3. The van der Waals surface area contributed by atoms with E-state index in [1.165, 1.54) is 25.7 Å². The largest absolute Gasteiger partial charge is 0.493 e. The molecule has 3 aromatic carbocycles. The molecule has 0 saturated heterocycles. The normalized spacial score (nSPS) is 14.0. The maximum Gasteiger partial charge on any atom is 0.123 e. The summed E-state index contributed by atoms with van der Waals surface area (Å²) >= 11 is 0. The summed E-state index contributed by atoms with van der Waals surface area (Å²) in [5.41, 5.74) is 4.22. The number of quaternary nitrogens is 4. The molecule has 0 bridgehead atoms. The number of likely N-dealkylation sites (N-methyl/N-ethyl adjacent to an activating group) is 4. The van der Waals surface area contributed by atoms with Gasteiger partial charge in [-0.1, -0.05) is 102 Å². The Morgan fingerprint density at radius 2 is 0.373 bits per heavy atom. The van der Waals surface area contributed by atoms with Crippen LogP contribution in [0.15, 0.2) is 60.7 Å². The third-order valence-corrected chi connectivity index (χ3v) is 21.1. The van der Waals surface area contributed by atoms with Gasteiger partial charge in [-0.2, -0.15) is 0 Å². The van der Waals surface area contributed by atoms with E-state index in [2.05, 4.69) is 141 Å². The lowest BCUT2D eigenvalue weighted by molar-refractivity contribution is -0.910. The van der Waals surface area contributed by atoms with Gasteiger partial charge in [0.2, 0.25) is 0 Å². The van der Waals surface area contributed by atoms with Crippen LogP contribution in [0.25, 0.3) is 24.3 Å². The molecule has 4 unspecified atom stereocenters. The highest BCUT2D eigenvalue weighted by Crippen LogP contribution is 2.28. The number of rotatable bonds is 88. The van der Waals surface area contributed by atoms with Gasteiger partial charge in [-0.15, -0.1) is 0 Å². The topological polar surface area (TPSA) is 185 Å². The Morgan fingerprint density at radius 1 is 0.195 bits per heavy atom. The summed E-state index contributed by atoms with van der Waals surface area (Å²) in [6.07, 6.45) is 26.0. The molecule has 3 aromatic rings. The molecular weight excluding hydrogens is 1510 g/mol. The van der Waals surface area contributed by atoms with Crippen molar-refractivity contribution < 1.29 is 113 Å². The number of ether oxygens (including phenoxy) is 20. The van der Waals surface area contributed by atoms with E-state index in [4.69, 9.17) is 94.7 Å². The fraction of sp³-hybridized carbons (Fsp3) is 0.766. The van der Waals surface area contributed by atoms with E-state index in [0.717, 1.165) is 219 Å². The van der Waals surface area contributed by atoms with Gasteiger partial charge in [0.15, 0.2) is 0 Å². The zero-order valence-corrected chi connectivity index (χ0v) is 76.5. The zero-order valence-electron chi connectivity index (χ0n) is 76.5. The van der Waals surface area contributed by atoms with Gasteiger partial charge in [-0.05, 0) is 124 Å². The molecule has 3 rings (SSSR count). The van der Waals surface area contributed by atoms with Crippen molar-refractivity contribution in [1.82, 2.24) is 0 Å². The van der Waals surface area contributed by atoms with Crippen molar-refractivity contribution in [2.24, 2.45) is 0 Å². The van der Waals surface area contributed by atoms with Crippen LogP contribution in [0.2, 0.25) is 0 Å². The molecule has 0 N–H and O–H groups in total. The van der Waals surface area contributed by atoms with Crippen LogP contribution in [0.1, 0.15) is 153 Å². The molecular formula is C94H170N4O20+4. The van der Waals surface area contributed by atoms with E-state index in [1.54, 1.807) is 28.4 Å². The Bertz CT molecular complexity index is 2490. The second-order valence-electron chi connectivity index (χ2n) is 31.9. The van der Waals surface area contributed by atoms with Crippen molar-refractivity contribution in [2.75, 3.05) is 347 Å². The van der Waals surface area contributed by atoms with Gasteiger partial charge in [0.1, 0.15) is 49.2 Å². The Balaban J connectivity index is 1.78. The van der Waals surface area contributed by atoms with Crippen LogP contribution in [0.5, 0.6) is 23.0 Å². The second kappa shape index (κ2) is 74.0. The molecule has 118 heavy (non-hydrogen) atoms. The SMILES string of the molecule is CCCC[N+](C)(CCCCOc1cc(/C=C/c2ccc(/C=C/c3cc(OCCCC[N+](C)(CCCC)CCOCCOCCOCCOC)cc(OCCCC[N+](C)(CCCC)CCOCCOCCOCCOC)c3)cc2)cc(OCCCC[N+](C)(CCCC)CCOCCOCCOCCOC)c1)CCOCCOCCOCCOC. The van der Waals surface area contributed by atoms with Crippen molar-refractivity contribution in [3.05, 3.63) is 82.9 Å². The number of hydrogen-bond acceptors (Lipinski definition) is 20. The Hall–Kier alpha value is -4.46. The zero-order chi connectivity index (χ0) is 85.1. The molecule has 24 nitrogen and oxygen atoms in total. The Labute approximate surface area is 716 Å². The summed E-state index contributed by atoms with van der Waals surface area (Å²) in [4.78, 5) is 0. The molecule has 0 radical (unpaired) electrons. The van der Waals surface area contributed by atoms with Crippen molar-refractivity contribution in [2.45, 2.75) is 130 Å². The Morgan fingerprint density at radius 3 is 0.568 bits per heavy atom. The monoisotopic (exact) mass is 1680 g/mol. The van der Waals surface area contributed by atoms with Gasteiger partial charge >= 0.3 is 0 Å². The lowest BCUT2D eigenvalue weighted by Crippen LogP contribution is -2.48. The average Bonchev–Trinajstić information content (AvgIpc) is 0.857. The molecule has 0 aliphatic rings. The standard InChI is InChI=1S/C94H170N4O20/c1-13-17-37-95(5,45-53-103-65-69-111-77-73-107-61-57-99-9)41-21-25-49-115-91-81-89(82-92(85-91)116-50-26-22-42-96(6,38-18-14-2)46-54-104-66-70-112-78-74-108-62-58-100-10)35-33-87-29-31-88(32-30-87)34-36-90-83-93(117-51-27-23-43-97(7,39-19-15-3)47-55-105-67-71-113-79-75-109-63-59-101-11)86-94(84-90)118-52-28-24-44-98(8,40-20-16-4)48-56-106-68-72-114-80-76-110-64-60-102-12/h29-36,81-86H,13-28,37-80H2,1-12H3/q+4/b35-33+,36-34+. The first kappa shape index (κ1) is 108. The van der Waals surface area contributed by atoms with Crippen molar-refractivity contribution >= 4 is 24.3 Å². The minimum absolute atomic E-state index is 0.553. The summed E-state index contributed by atoms with van der Waals surface area (Å²) in [6.45, 7) is 40.5. The van der Waals surface area contributed by atoms with Crippen LogP contribution in [0.3, 0.4) is 0 Å². The summed E-state index contributed by atoms with van der Waals surface area (Å²) in [7, 11) is 16.2. The predicted molar refractivity (Wildman–Crippen MR) is 476 cm³/mol. The molecule has 0 aliphatic carbocycles.